The summed E-state index contributed by atoms with van der Waals surface area (Å²) >= 11 is 0. The molecule has 102 valence electrons. The third-order valence-electron chi connectivity index (χ3n) is 3.54. The van der Waals surface area contributed by atoms with Crippen LogP contribution in [0.5, 0.6) is 0 Å². The first kappa shape index (κ1) is 12.8. The number of likely N-dealkylation sites (tertiary alicyclic amines) is 1. The number of furan rings is 1. The molecule has 0 amide bonds. The molecule has 2 aromatic heterocycles. The number of piperidine rings is 1. The summed E-state index contributed by atoms with van der Waals surface area (Å²) in [7, 11) is 0. The third kappa shape index (κ3) is 2.86. The van der Waals surface area contributed by atoms with Crippen LogP contribution in [0.25, 0.3) is 11.6 Å². The smallest absolute Gasteiger partial charge is 0.195 e. The Balaban J connectivity index is 1.65. The molecule has 0 bridgehead atoms. The van der Waals surface area contributed by atoms with Gasteiger partial charge in [-0.25, -0.2) is 9.97 Å². The fourth-order valence-electron chi connectivity index (χ4n) is 2.53. The molecule has 0 saturated carbocycles. The van der Waals surface area contributed by atoms with Gasteiger partial charge in [0.2, 0.25) is 0 Å². The SMILES string of the molecule is N#CC1CCCN(Cc2cnc(-c3ccco3)nc2)C1. The normalized spacial score (nSPS) is 19.6. The van der Waals surface area contributed by atoms with Gasteiger partial charge in [0, 0.05) is 31.0 Å². The van der Waals surface area contributed by atoms with E-state index < -0.39 is 0 Å². The van der Waals surface area contributed by atoms with Gasteiger partial charge in [-0.15, -0.1) is 0 Å². The minimum absolute atomic E-state index is 0.159. The van der Waals surface area contributed by atoms with Crippen molar-refractivity contribution in [2.75, 3.05) is 13.1 Å². The van der Waals surface area contributed by atoms with Crippen molar-refractivity contribution in [1.29, 1.82) is 5.26 Å². The maximum Gasteiger partial charge on any atom is 0.195 e. The molecule has 3 rings (SSSR count). The minimum Gasteiger partial charge on any atom is -0.461 e. The van der Waals surface area contributed by atoms with E-state index in [0.29, 0.717) is 11.6 Å². The van der Waals surface area contributed by atoms with E-state index in [1.807, 2.05) is 24.5 Å². The average Bonchev–Trinajstić information content (AvgIpc) is 3.02. The summed E-state index contributed by atoms with van der Waals surface area (Å²) in [6, 6.07) is 6.03. The molecule has 3 heterocycles. The van der Waals surface area contributed by atoms with Crippen LogP contribution in [0.3, 0.4) is 0 Å². The van der Waals surface area contributed by atoms with Crippen LogP contribution >= 0.6 is 0 Å². The predicted octanol–water partition coefficient (Wildman–Crippen LogP) is 2.47. The van der Waals surface area contributed by atoms with Gasteiger partial charge in [0.05, 0.1) is 18.3 Å². The summed E-state index contributed by atoms with van der Waals surface area (Å²) in [5, 5.41) is 9.01. The molecular formula is C15H16N4O. The summed E-state index contributed by atoms with van der Waals surface area (Å²) in [4.78, 5) is 11.0. The second kappa shape index (κ2) is 5.85. The highest BCUT2D eigenvalue weighted by molar-refractivity contribution is 5.45. The van der Waals surface area contributed by atoms with Crippen molar-refractivity contribution >= 4 is 0 Å². The molecule has 0 spiro atoms. The average molecular weight is 268 g/mol. The zero-order chi connectivity index (χ0) is 13.8. The maximum atomic E-state index is 9.01. The Morgan fingerprint density at radius 3 is 2.95 bits per heavy atom. The van der Waals surface area contributed by atoms with Crippen LogP contribution < -0.4 is 0 Å². The van der Waals surface area contributed by atoms with E-state index in [-0.39, 0.29) is 5.92 Å². The second-order valence-corrected chi connectivity index (χ2v) is 5.10. The maximum absolute atomic E-state index is 9.01. The monoisotopic (exact) mass is 268 g/mol. The number of nitriles is 1. The van der Waals surface area contributed by atoms with Crippen molar-refractivity contribution in [3.63, 3.8) is 0 Å². The van der Waals surface area contributed by atoms with Crippen molar-refractivity contribution in [2.45, 2.75) is 19.4 Å². The Morgan fingerprint density at radius 2 is 2.25 bits per heavy atom. The van der Waals surface area contributed by atoms with E-state index >= 15 is 0 Å². The van der Waals surface area contributed by atoms with Gasteiger partial charge in [-0.1, -0.05) is 0 Å². The van der Waals surface area contributed by atoms with Crippen molar-refractivity contribution in [3.05, 3.63) is 36.4 Å². The van der Waals surface area contributed by atoms with Gasteiger partial charge >= 0.3 is 0 Å². The molecule has 0 N–H and O–H groups in total. The predicted molar refractivity (Wildman–Crippen MR) is 73.3 cm³/mol. The molecule has 1 aliphatic heterocycles. The molecular weight excluding hydrogens is 252 g/mol. The number of hydrogen-bond acceptors (Lipinski definition) is 5. The number of nitrogens with zero attached hydrogens (tertiary/aromatic N) is 4. The molecule has 2 aromatic rings. The van der Waals surface area contributed by atoms with Gasteiger partial charge in [0.25, 0.3) is 0 Å². The molecule has 1 unspecified atom stereocenters. The lowest BCUT2D eigenvalue weighted by Gasteiger charge is -2.29. The molecule has 20 heavy (non-hydrogen) atoms. The quantitative estimate of drug-likeness (QED) is 0.855. The molecule has 5 nitrogen and oxygen atoms in total. The molecule has 0 aliphatic carbocycles. The van der Waals surface area contributed by atoms with Gasteiger partial charge in [0.15, 0.2) is 11.6 Å². The Kier molecular flexibility index (Phi) is 3.75. The molecule has 5 heteroatoms. The lowest BCUT2D eigenvalue weighted by Crippen LogP contribution is -2.34. The van der Waals surface area contributed by atoms with Gasteiger partial charge < -0.3 is 4.42 Å². The van der Waals surface area contributed by atoms with Crippen molar-refractivity contribution in [2.24, 2.45) is 5.92 Å². The molecule has 1 aliphatic rings. The summed E-state index contributed by atoms with van der Waals surface area (Å²) in [6.07, 6.45) is 7.38. The Hall–Kier alpha value is -2.19. The van der Waals surface area contributed by atoms with Gasteiger partial charge in [-0.2, -0.15) is 5.26 Å². The van der Waals surface area contributed by atoms with Crippen molar-refractivity contribution in [1.82, 2.24) is 14.9 Å². The van der Waals surface area contributed by atoms with E-state index in [4.69, 9.17) is 9.68 Å². The molecule has 0 radical (unpaired) electrons. The Morgan fingerprint density at radius 1 is 1.40 bits per heavy atom. The molecule has 0 aromatic carbocycles. The van der Waals surface area contributed by atoms with Crippen LogP contribution in [0.1, 0.15) is 18.4 Å². The van der Waals surface area contributed by atoms with E-state index in [1.165, 1.54) is 0 Å². The fourth-order valence-corrected chi connectivity index (χ4v) is 2.53. The highest BCUT2D eigenvalue weighted by Gasteiger charge is 2.19. The molecule has 1 saturated heterocycles. The zero-order valence-corrected chi connectivity index (χ0v) is 11.2. The highest BCUT2D eigenvalue weighted by Crippen LogP contribution is 2.18. The van der Waals surface area contributed by atoms with Crippen LogP contribution in [0.15, 0.2) is 35.2 Å². The van der Waals surface area contributed by atoms with E-state index in [9.17, 15) is 0 Å². The standard InChI is InChI=1S/C15H16N4O/c16-7-12-3-1-5-19(10-12)11-13-8-17-15(18-9-13)14-4-2-6-20-14/h2,4,6,8-9,12H,1,3,5,10-11H2. The van der Waals surface area contributed by atoms with Crippen molar-refractivity contribution in [3.8, 4) is 17.7 Å². The summed E-state index contributed by atoms with van der Waals surface area (Å²) in [6.45, 7) is 2.69. The number of hydrogen-bond donors (Lipinski definition) is 0. The van der Waals surface area contributed by atoms with Crippen LogP contribution in [-0.4, -0.2) is 28.0 Å². The second-order valence-electron chi connectivity index (χ2n) is 5.10. The highest BCUT2D eigenvalue weighted by atomic mass is 16.3. The van der Waals surface area contributed by atoms with Gasteiger partial charge in [0.1, 0.15) is 0 Å². The summed E-state index contributed by atoms with van der Waals surface area (Å²) < 4.78 is 5.27. The summed E-state index contributed by atoms with van der Waals surface area (Å²) in [5.41, 5.74) is 1.07. The van der Waals surface area contributed by atoms with Crippen LogP contribution in [0.4, 0.5) is 0 Å². The van der Waals surface area contributed by atoms with E-state index in [2.05, 4.69) is 20.9 Å². The van der Waals surface area contributed by atoms with E-state index in [1.54, 1.807) is 6.26 Å². The van der Waals surface area contributed by atoms with Crippen LogP contribution in [0.2, 0.25) is 0 Å². The minimum atomic E-state index is 0.159. The first-order chi connectivity index (χ1) is 9.85. The van der Waals surface area contributed by atoms with E-state index in [0.717, 1.165) is 38.0 Å². The lowest BCUT2D eigenvalue weighted by atomic mass is 9.99. The topological polar surface area (TPSA) is 66.0 Å². The third-order valence-corrected chi connectivity index (χ3v) is 3.54. The van der Waals surface area contributed by atoms with Gasteiger partial charge in [-0.3, -0.25) is 4.90 Å². The van der Waals surface area contributed by atoms with Crippen LogP contribution in [-0.2, 0) is 6.54 Å². The first-order valence-electron chi connectivity index (χ1n) is 6.82. The zero-order valence-electron chi connectivity index (χ0n) is 11.2. The van der Waals surface area contributed by atoms with Crippen molar-refractivity contribution < 1.29 is 4.42 Å². The molecule has 1 fully saturated rings. The van der Waals surface area contributed by atoms with Crippen LogP contribution in [0, 0.1) is 17.2 Å². The number of rotatable bonds is 3. The first-order valence-corrected chi connectivity index (χ1v) is 6.82. The largest absolute Gasteiger partial charge is 0.461 e. The summed E-state index contributed by atoms with van der Waals surface area (Å²) in [5.74, 6) is 1.44. The van der Waals surface area contributed by atoms with Gasteiger partial charge in [-0.05, 0) is 31.5 Å². The Bertz CT molecular complexity index is 585. The fraction of sp³-hybridized carbons (Fsp3) is 0.400. The molecule has 1 atom stereocenters. The Labute approximate surface area is 117 Å². The number of aromatic nitrogens is 2. The lowest BCUT2D eigenvalue weighted by molar-refractivity contribution is 0.192.